The number of nitrogens with one attached hydrogen (secondary N) is 1. The molecule has 0 saturated carbocycles. The van der Waals surface area contributed by atoms with Crippen LogP contribution in [-0.4, -0.2) is 33.7 Å². The van der Waals surface area contributed by atoms with Gasteiger partial charge in [0.2, 0.25) is 0 Å². The summed E-state index contributed by atoms with van der Waals surface area (Å²) in [5, 5.41) is 8.43. The molecule has 1 aromatic rings. The summed E-state index contributed by atoms with van der Waals surface area (Å²) < 4.78 is 28.6. The van der Waals surface area contributed by atoms with Gasteiger partial charge in [-0.25, -0.2) is 8.78 Å². The van der Waals surface area contributed by atoms with Crippen molar-refractivity contribution < 1.29 is 13.6 Å². The summed E-state index contributed by atoms with van der Waals surface area (Å²) in [5.74, 6) is -3.92. The molecule has 1 aliphatic heterocycles. The molecule has 1 unspecified atom stereocenters. The number of aromatic nitrogens is 1. The molecule has 1 aliphatic rings. The number of alkyl halides is 2. The number of rotatable bonds is 1. The average molecular weight is 294 g/mol. The van der Waals surface area contributed by atoms with Crippen molar-refractivity contribution in [2.75, 3.05) is 6.54 Å². The summed E-state index contributed by atoms with van der Waals surface area (Å²) in [4.78, 5) is 23.6. The maximum absolute atomic E-state index is 13.2. The highest BCUT2D eigenvalue weighted by atomic mass is 35.5. The third-order valence-electron chi connectivity index (χ3n) is 2.52. The van der Waals surface area contributed by atoms with Crippen molar-refractivity contribution >= 4 is 29.0 Å². The smallest absolute Gasteiger partial charge is 0.277 e. The van der Waals surface area contributed by atoms with Gasteiger partial charge in [0.1, 0.15) is 15.9 Å². The normalized spacial score (nSPS) is 21.9. The van der Waals surface area contributed by atoms with Gasteiger partial charge in [0.05, 0.1) is 12.6 Å². The second-order valence-corrected chi connectivity index (χ2v) is 5.01. The van der Waals surface area contributed by atoms with Crippen LogP contribution in [0.25, 0.3) is 0 Å². The van der Waals surface area contributed by atoms with Gasteiger partial charge in [-0.2, -0.15) is 5.26 Å². The van der Waals surface area contributed by atoms with Crippen molar-refractivity contribution in [1.29, 1.82) is 5.26 Å². The molecule has 5 nitrogen and oxygen atoms in total. The largest absolute Gasteiger partial charge is 0.316 e. The lowest BCUT2D eigenvalue weighted by atomic mass is 10.2. The van der Waals surface area contributed by atoms with E-state index in [0.717, 1.165) is 4.90 Å². The Hall–Kier alpha value is -1.46. The molecule has 1 saturated heterocycles. The van der Waals surface area contributed by atoms with Gasteiger partial charge in [-0.3, -0.25) is 14.0 Å². The fraction of sp³-hybridized carbons (Fsp3) is 0.444. The maximum Gasteiger partial charge on any atom is 0.277 e. The number of hydrogen-bond donors (Lipinski definition) is 1. The number of halogens is 3. The van der Waals surface area contributed by atoms with Crippen molar-refractivity contribution in [3.63, 3.8) is 0 Å². The lowest BCUT2D eigenvalue weighted by Gasteiger charge is -2.17. The van der Waals surface area contributed by atoms with Crippen LogP contribution < -0.4 is 5.56 Å². The Morgan fingerprint density at radius 3 is 2.83 bits per heavy atom. The standard InChI is InChI=1S/C9H6ClF2N3O2S/c10-5-6(18-14-7(5)16)8(17)15-3-9(11,12)1-4(15)2-13/h4H,1,3H2,(H,14,16). The Morgan fingerprint density at radius 2 is 2.33 bits per heavy atom. The summed E-state index contributed by atoms with van der Waals surface area (Å²) >= 11 is 6.26. The van der Waals surface area contributed by atoms with Crippen LogP contribution in [0.2, 0.25) is 5.02 Å². The van der Waals surface area contributed by atoms with Crippen molar-refractivity contribution in [3.05, 3.63) is 20.3 Å². The monoisotopic (exact) mass is 293 g/mol. The molecule has 1 atom stereocenters. The predicted octanol–water partition coefficient (Wildman–Crippen LogP) is 1.46. The van der Waals surface area contributed by atoms with Gasteiger partial charge in [-0.05, 0) is 0 Å². The lowest BCUT2D eigenvalue weighted by molar-refractivity contribution is 0.0120. The van der Waals surface area contributed by atoms with Crippen LogP contribution in [0, 0.1) is 11.3 Å². The molecule has 2 heterocycles. The topological polar surface area (TPSA) is 77.0 Å². The molecule has 0 aromatic carbocycles. The summed E-state index contributed by atoms with van der Waals surface area (Å²) in [7, 11) is 0. The number of aromatic amines is 1. The molecular formula is C9H6ClF2N3O2S. The molecule has 1 aromatic heterocycles. The minimum atomic E-state index is -3.09. The van der Waals surface area contributed by atoms with Gasteiger partial charge in [-0.1, -0.05) is 23.1 Å². The number of nitrogens with zero attached hydrogens (tertiary/aromatic N) is 2. The van der Waals surface area contributed by atoms with Crippen LogP contribution in [0.1, 0.15) is 16.1 Å². The minimum Gasteiger partial charge on any atom is -0.316 e. The maximum atomic E-state index is 13.2. The number of likely N-dealkylation sites (tertiary alicyclic amines) is 1. The SMILES string of the molecule is N#CC1CC(F)(F)CN1C(=O)c1s[nH]c(=O)c1Cl. The quantitative estimate of drug-likeness (QED) is 0.851. The zero-order valence-corrected chi connectivity index (χ0v) is 10.3. The van der Waals surface area contributed by atoms with E-state index >= 15 is 0 Å². The second kappa shape index (κ2) is 4.33. The van der Waals surface area contributed by atoms with E-state index in [2.05, 4.69) is 4.37 Å². The van der Waals surface area contributed by atoms with Crippen LogP contribution in [0.5, 0.6) is 0 Å². The first-order valence-electron chi connectivity index (χ1n) is 4.81. The molecular weight excluding hydrogens is 288 g/mol. The fourth-order valence-corrected chi connectivity index (χ4v) is 2.69. The van der Waals surface area contributed by atoms with E-state index in [-0.39, 0.29) is 9.90 Å². The average Bonchev–Trinajstić information content (AvgIpc) is 2.79. The van der Waals surface area contributed by atoms with E-state index in [1.54, 1.807) is 6.07 Å². The van der Waals surface area contributed by atoms with Gasteiger partial charge in [0.25, 0.3) is 17.4 Å². The van der Waals surface area contributed by atoms with Crippen molar-refractivity contribution in [1.82, 2.24) is 9.27 Å². The van der Waals surface area contributed by atoms with Crippen molar-refractivity contribution in [2.45, 2.75) is 18.4 Å². The summed E-state index contributed by atoms with van der Waals surface area (Å²) in [6.45, 7) is -0.841. The summed E-state index contributed by atoms with van der Waals surface area (Å²) in [6.07, 6.45) is -0.702. The summed E-state index contributed by atoms with van der Waals surface area (Å²) in [6, 6.07) is 0.437. The third kappa shape index (κ3) is 2.11. The first kappa shape index (κ1) is 13.0. The van der Waals surface area contributed by atoms with Crippen molar-refractivity contribution in [3.8, 4) is 6.07 Å². The molecule has 0 radical (unpaired) electrons. The molecule has 0 aliphatic carbocycles. The third-order valence-corrected chi connectivity index (χ3v) is 3.86. The van der Waals surface area contributed by atoms with Gasteiger partial charge in [0, 0.05) is 6.42 Å². The van der Waals surface area contributed by atoms with E-state index in [1.165, 1.54) is 0 Å². The highest BCUT2D eigenvalue weighted by Crippen LogP contribution is 2.33. The molecule has 0 spiro atoms. The Bertz CT molecular complexity index is 591. The number of amides is 1. The number of nitriles is 1. The fourth-order valence-electron chi connectivity index (χ4n) is 1.70. The molecule has 2 rings (SSSR count). The number of carbonyl (C=O) groups is 1. The molecule has 0 bridgehead atoms. The van der Waals surface area contributed by atoms with E-state index in [4.69, 9.17) is 16.9 Å². The molecule has 1 fully saturated rings. The van der Waals surface area contributed by atoms with Crippen molar-refractivity contribution in [2.24, 2.45) is 0 Å². The van der Waals surface area contributed by atoms with E-state index in [0.29, 0.717) is 11.5 Å². The van der Waals surface area contributed by atoms with Gasteiger partial charge in [-0.15, -0.1) is 0 Å². The van der Waals surface area contributed by atoms with Crippen LogP contribution in [0.4, 0.5) is 8.78 Å². The van der Waals surface area contributed by atoms with E-state index in [1.807, 2.05) is 0 Å². The molecule has 9 heteroatoms. The van der Waals surface area contributed by atoms with Crippen LogP contribution >= 0.6 is 23.1 Å². The Kier molecular flexibility index (Phi) is 3.12. The highest BCUT2D eigenvalue weighted by molar-refractivity contribution is 7.08. The zero-order valence-electron chi connectivity index (χ0n) is 8.74. The molecule has 18 heavy (non-hydrogen) atoms. The van der Waals surface area contributed by atoms with E-state index in [9.17, 15) is 18.4 Å². The Balaban J connectivity index is 2.33. The first-order valence-corrected chi connectivity index (χ1v) is 6.00. The van der Waals surface area contributed by atoms with Crippen LogP contribution in [-0.2, 0) is 0 Å². The zero-order chi connectivity index (χ0) is 13.5. The molecule has 1 N–H and O–H groups in total. The Labute approximate surface area is 109 Å². The minimum absolute atomic E-state index is 0.153. The predicted molar refractivity (Wildman–Crippen MR) is 60.0 cm³/mol. The van der Waals surface area contributed by atoms with Gasteiger partial charge in [0.15, 0.2) is 0 Å². The molecule has 1 amide bonds. The summed E-state index contributed by atoms with van der Waals surface area (Å²) in [5.41, 5.74) is -0.649. The van der Waals surface area contributed by atoms with Gasteiger partial charge >= 0.3 is 0 Å². The van der Waals surface area contributed by atoms with E-state index < -0.39 is 36.4 Å². The lowest BCUT2D eigenvalue weighted by Crippen LogP contribution is -2.35. The Morgan fingerprint density at radius 1 is 1.67 bits per heavy atom. The van der Waals surface area contributed by atoms with Gasteiger partial charge < -0.3 is 4.90 Å². The number of carbonyl (C=O) groups excluding carboxylic acids is 1. The number of hydrogen-bond acceptors (Lipinski definition) is 4. The molecule has 96 valence electrons. The highest BCUT2D eigenvalue weighted by Gasteiger charge is 2.48. The second-order valence-electron chi connectivity index (χ2n) is 3.81. The number of H-pyrrole nitrogens is 1. The first-order chi connectivity index (χ1) is 8.35. The van der Waals surface area contributed by atoms with Crippen LogP contribution in [0.15, 0.2) is 4.79 Å². The van der Waals surface area contributed by atoms with Crippen LogP contribution in [0.3, 0.4) is 0 Å².